The summed E-state index contributed by atoms with van der Waals surface area (Å²) in [5.41, 5.74) is 7.47. The highest BCUT2D eigenvalue weighted by atomic mass is 16.6. The lowest BCUT2D eigenvalue weighted by Gasteiger charge is -2.07. The maximum Gasteiger partial charge on any atom is 0.276 e. The molecule has 2 aromatic rings. The Morgan fingerprint density at radius 3 is 2.84 bits per heavy atom. The number of aromatic nitrogens is 1. The smallest absolute Gasteiger partial charge is 0.276 e. The summed E-state index contributed by atoms with van der Waals surface area (Å²) in [6.45, 7) is 2.06. The number of rotatable bonds is 4. The van der Waals surface area contributed by atoms with Gasteiger partial charge in [0, 0.05) is 5.69 Å². The van der Waals surface area contributed by atoms with Crippen molar-refractivity contribution in [2.24, 2.45) is 0 Å². The minimum atomic E-state index is -0.494. The zero-order valence-electron chi connectivity index (χ0n) is 10.5. The van der Waals surface area contributed by atoms with Gasteiger partial charge >= 0.3 is 0 Å². The van der Waals surface area contributed by atoms with Crippen LogP contribution in [0, 0.1) is 10.1 Å². The third kappa shape index (κ3) is 3.19. The lowest BCUT2D eigenvalue weighted by molar-refractivity contribution is -0.384. The van der Waals surface area contributed by atoms with E-state index in [0.717, 1.165) is 12.1 Å². The molecule has 98 valence electrons. The number of benzene rings is 1. The number of aryl methyl sites for hydroxylation is 1. The van der Waals surface area contributed by atoms with Gasteiger partial charge in [-0.25, -0.2) is 4.98 Å². The summed E-state index contributed by atoms with van der Waals surface area (Å²) in [6.07, 6.45) is 0.917. The van der Waals surface area contributed by atoms with Crippen molar-refractivity contribution >= 4 is 23.0 Å². The molecule has 1 heterocycles. The van der Waals surface area contributed by atoms with Gasteiger partial charge in [-0.1, -0.05) is 19.1 Å². The summed E-state index contributed by atoms with van der Waals surface area (Å²) >= 11 is 0. The monoisotopic (exact) mass is 258 g/mol. The topological polar surface area (TPSA) is 94.1 Å². The fourth-order valence-electron chi connectivity index (χ4n) is 1.72. The van der Waals surface area contributed by atoms with E-state index in [1.54, 1.807) is 0 Å². The van der Waals surface area contributed by atoms with E-state index in [-0.39, 0.29) is 11.5 Å². The molecule has 0 radical (unpaired) electrons. The fourth-order valence-corrected chi connectivity index (χ4v) is 1.72. The van der Waals surface area contributed by atoms with Gasteiger partial charge in [-0.15, -0.1) is 0 Å². The van der Waals surface area contributed by atoms with E-state index in [1.807, 2.05) is 24.3 Å². The van der Waals surface area contributed by atoms with E-state index in [9.17, 15) is 10.1 Å². The lowest BCUT2D eigenvalue weighted by Crippen LogP contribution is -2.00. The van der Waals surface area contributed by atoms with Crippen LogP contribution >= 0.6 is 0 Å². The molecular formula is C13H14N4O2. The molecule has 0 bridgehead atoms. The zero-order chi connectivity index (χ0) is 13.8. The molecule has 6 nitrogen and oxygen atoms in total. The molecule has 2 rings (SSSR count). The molecule has 0 spiro atoms. The molecule has 0 atom stereocenters. The van der Waals surface area contributed by atoms with E-state index in [2.05, 4.69) is 17.2 Å². The number of nitro groups is 1. The Kier molecular flexibility index (Phi) is 3.61. The van der Waals surface area contributed by atoms with Crippen LogP contribution in [-0.2, 0) is 6.42 Å². The Labute approximate surface area is 110 Å². The van der Waals surface area contributed by atoms with Gasteiger partial charge < -0.3 is 11.1 Å². The highest BCUT2D eigenvalue weighted by Crippen LogP contribution is 2.22. The molecule has 0 fully saturated rings. The van der Waals surface area contributed by atoms with Gasteiger partial charge in [0.15, 0.2) is 0 Å². The van der Waals surface area contributed by atoms with Crippen LogP contribution in [0.25, 0.3) is 0 Å². The number of nitrogens with one attached hydrogen (secondary N) is 1. The highest BCUT2D eigenvalue weighted by Gasteiger charge is 2.09. The second-order valence-electron chi connectivity index (χ2n) is 4.07. The molecular weight excluding hydrogens is 244 g/mol. The van der Waals surface area contributed by atoms with Crippen LogP contribution in [0.1, 0.15) is 12.5 Å². The van der Waals surface area contributed by atoms with E-state index in [4.69, 9.17) is 5.73 Å². The second kappa shape index (κ2) is 5.34. The van der Waals surface area contributed by atoms with Gasteiger partial charge in [0.2, 0.25) is 0 Å². The summed E-state index contributed by atoms with van der Waals surface area (Å²) in [6, 6.07) is 10.4. The van der Waals surface area contributed by atoms with E-state index >= 15 is 0 Å². The maximum absolute atomic E-state index is 10.8. The first-order valence-electron chi connectivity index (χ1n) is 5.86. The molecule has 6 heteroatoms. The predicted octanol–water partition coefficient (Wildman–Crippen LogP) is 2.88. The summed E-state index contributed by atoms with van der Waals surface area (Å²) in [4.78, 5) is 14.3. The third-order valence-corrected chi connectivity index (χ3v) is 2.65. The van der Waals surface area contributed by atoms with Crippen molar-refractivity contribution in [1.29, 1.82) is 0 Å². The standard InChI is InChI=1S/C13H14N4O2/c1-2-9-4-3-5-10(6-9)15-13-8-11(17(18)19)7-12(14)16-13/h3-8H,2H2,1H3,(H3,14,15,16). The van der Waals surface area contributed by atoms with Crippen molar-refractivity contribution in [3.63, 3.8) is 0 Å². The fraction of sp³-hybridized carbons (Fsp3) is 0.154. The van der Waals surface area contributed by atoms with Crippen molar-refractivity contribution in [2.45, 2.75) is 13.3 Å². The van der Waals surface area contributed by atoms with Gasteiger partial charge in [0.05, 0.1) is 17.1 Å². The van der Waals surface area contributed by atoms with Crippen LogP contribution in [-0.4, -0.2) is 9.91 Å². The van der Waals surface area contributed by atoms with E-state index in [1.165, 1.54) is 17.7 Å². The zero-order valence-corrected chi connectivity index (χ0v) is 10.5. The minimum Gasteiger partial charge on any atom is -0.383 e. The Hall–Kier alpha value is -2.63. The lowest BCUT2D eigenvalue weighted by atomic mass is 10.1. The molecule has 0 amide bonds. The van der Waals surface area contributed by atoms with Crippen molar-refractivity contribution in [1.82, 2.24) is 4.98 Å². The number of hydrogen-bond donors (Lipinski definition) is 2. The molecule has 0 aliphatic heterocycles. The van der Waals surface area contributed by atoms with Crippen LogP contribution in [0.3, 0.4) is 0 Å². The third-order valence-electron chi connectivity index (χ3n) is 2.65. The number of nitrogens with zero attached hydrogens (tertiary/aromatic N) is 2. The van der Waals surface area contributed by atoms with Crippen LogP contribution in [0.5, 0.6) is 0 Å². The number of nitrogens with two attached hydrogens (primary N) is 1. The van der Waals surface area contributed by atoms with E-state index in [0.29, 0.717) is 5.82 Å². The van der Waals surface area contributed by atoms with Crippen molar-refractivity contribution < 1.29 is 4.92 Å². The molecule has 0 saturated heterocycles. The first-order chi connectivity index (χ1) is 9.08. The Bertz CT molecular complexity index is 613. The van der Waals surface area contributed by atoms with Crippen LogP contribution in [0.2, 0.25) is 0 Å². The van der Waals surface area contributed by atoms with Gasteiger partial charge in [0.25, 0.3) is 5.69 Å². The largest absolute Gasteiger partial charge is 0.383 e. The molecule has 1 aromatic heterocycles. The molecule has 19 heavy (non-hydrogen) atoms. The molecule has 0 aliphatic rings. The Balaban J connectivity index is 2.29. The summed E-state index contributed by atoms with van der Waals surface area (Å²) < 4.78 is 0. The van der Waals surface area contributed by atoms with Crippen LogP contribution in [0.4, 0.5) is 23.0 Å². The molecule has 1 aromatic carbocycles. The second-order valence-corrected chi connectivity index (χ2v) is 4.07. The number of nitrogen functional groups attached to an aromatic ring is 1. The van der Waals surface area contributed by atoms with Gasteiger partial charge in [-0.3, -0.25) is 10.1 Å². The minimum absolute atomic E-state index is 0.0818. The molecule has 3 N–H and O–H groups in total. The van der Waals surface area contributed by atoms with Crippen LogP contribution < -0.4 is 11.1 Å². The van der Waals surface area contributed by atoms with Gasteiger partial charge in [-0.2, -0.15) is 0 Å². The van der Waals surface area contributed by atoms with Crippen molar-refractivity contribution in [2.75, 3.05) is 11.1 Å². The molecule has 0 saturated carbocycles. The Morgan fingerprint density at radius 1 is 1.37 bits per heavy atom. The summed E-state index contributed by atoms with van der Waals surface area (Å²) in [5, 5.41) is 13.8. The highest BCUT2D eigenvalue weighted by molar-refractivity contribution is 5.61. The van der Waals surface area contributed by atoms with Crippen LogP contribution in [0.15, 0.2) is 36.4 Å². The number of pyridine rings is 1. The summed E-state index contributed by atoms with van der Waals surface area (Å²) in [7, 11) is 0. The van der Waals surface area contributed by atoms with Gasteiger partial charge in [-0.05, 0) is 24.1 Å². The number of hydrogen-bond acceptors (Lipinski definition) is 5. The quantitative estimate of drug-likeness (QED) is 0.649. The predicted molar refractivity (Wildman–Crippen MR) is 74.4 cm³/mol. The number of anilines is 3. The normalized spacial score (nSPS) is 10.2. The first-order valence-corrected chi connectivity index (χ1v) is 5.86. The average molecular weight is 258 g/mol. The van der Waals surface area contributed by atoms with Gasteiger partial charge in [0.1, 0.15) is 11.6 Å². The SMILES string of the molecule is CCc1cccc(Nc2cc([N+](=O)[O-])cc(N)n2)c1. The van der Waals surface area contributed by atoms with E-state index < -0.39 is 4.92 Å². The average Bonchev–Trinajstić information content (AvgIpc) is 2.38. The maximum atomic E-state index is 10.8. The van der Waals surface area contributed by atoms with Crippen molar-refractivity contribution in [3.05, 3.63) is 52.1 Å². The molecule has 0 aliphatic carbocycles. The first kappa shape index (κ1) is 12.8. The Morgan fingerprint density at radius 2 is 2.16 bits per heavy atom. The molecule has 0 unspecified atom stereocenters. The van der Waals surface area contributed by atoms with Crippen molar-refractivity contribution in [3.8, 4) is 0 Å². The summed E-state index contributed by atoms with van der Waals surface area (Å²) in [5.74, 6) is 0.475.